The molecule has 4 rings (SSSR count). The van der Waals surface area contributed by atoms with Gasteiger partial charge in [0.25, 0.3) is 0 Å². The molecule has 0 unspecified atom stereocenters. The summed E-state index contributed by atoms with van der Waals surface area (Å²) in [7, 11) is 4.23. The third-order valence-corrected chi connectivity index (χ3v) is 6.53. The fraction of sp³-hybridized carbons (Fsp3) is 0.360. The molecule has 0 bridgehead atoms. The summed E-state index contributed by atoms with van der Waals surface area (Å²) in [6.07, 6.45) is 6.34. The first-order valence-corrected chi connectivity index (χ1v) is 11.6. The number of halogens is 2. The van der Waals surface area contributed by atoms with Crippen molar-refractivity contribution < 1.29 is 0 Å². The maximum atomic E-state index is 6.31. The van der Waals surface area contributed by atoms with E-state index in [9.17, 15) is 0 Å². The molecule has 0 fully saturated rings. The second-order valence-corrected chi connectivity index (χ2v) is 9.19. The molecule has 1 N–H and O–H groups in total. The summed E-state index contributed by atoms with van der Waals surface area (Å²) in [5, 5.41) is 4.57. The van der Waals surface area contributed by atoms with Crippen molar-refractivity contribution >= 4 is 29.2 Å². The summed E-state index contributed by atoms with van der Waals surface area (Å²) in [5.74, 6) is 0.909. The largest absolute Gasteiger partial charge is 0.354 e. The summed E-state index contributed by atoms with van der Waals surface area (Å²) >= 11 is 12.5. The van der Waals surface area contributed by atoms with Gasteiger partial charge >= 0.3 is 0 Å². The molecule has 1 heterocycles. The molecule has 6 heteroatoms. The first kappa shape index (κ1) is 22.1. The number of fused-ring (bicyclic) bond motifs is 3. The molecule has 1 atom stereocenters. The van der Waals surface area contributed by atoms with Crippen LogP contribution in [-0.2, 0) is 6.42 Å². The van der Waals surface area contributed by atoms with E-state index >= 15 is 0 Å². The van der Waals surface area contributed by atoms with Gasteiger partial charge in [-0.3, -0.25) is 0 Å². The summed E-state index contributed by atoms with van der Waals surface area (Å²) in [6, 6.07) is 14.4. The molecule has 162 valence electrons. The molecular weight excluding hydrogens is 427 g/mol. The Morgan fingerprint density at radius 2 is 1.87 bits per heavy atom. The second kappa shape index (κ2) is 9.99. The molecule has 0 spiro atoms. The monoisotopic (exact) mass is 454 g/mol. The van der Waals surface area contributed by atoms with Crippen molar-refractivity contribution in [2.24, 2.45) is 0 Å². The van der Waals surface area contributed by atoms with Gasteiger partial charge in [-0.05, 0) is 68.7 Å². The smallest absolute Gasteiger partial charge is 0.223 e. The highest BCUT2D eigenvalue weighted by molar-refractivity contribution is 6.42. The molecule has 0 aliphatic heterocycles. The average Bonchev–Trinajstić information content (AvgIpc) is 2.77. The molecule has 0 saturated heterocycles. The normalized spacial score (nSPS) is 14.9. The van der Waals surface area contributed by atoms with Crippen LogP contribution >= 0.6 is 23.2 Å². The molecule has 31 heavy (non-hydrogen) atoms. The molecule has 1 aliphatic carbocycles. The third kappa shape index (κ3) is 5.20. The van der Waals surface area contributed by atoms with E-state index in [0.29, 0.717) is 16.0 Å². The lowest BCUT2D eigenvalue weighted by molar-refractivity contribution is 0.392. The Labute approximate surface area is 194 Å². The zero-order chi connectivity index (χ0) is 21.8. The van der Waals surface area contributed by atoms with Crippen LogP contribution in [0.15, 0.2) is 48.7 Å². The van der Waals surface area contributed by atoms with Crippen molar-refractivity contribution in [1.82, 2.24) is 14.9 Å². The summed E-state index contributed by atoms with van der Waals surface area (Å²) in [4.78, 5) is 11.7. The Bertz CT molecular complexity index is 1050. The fourth-order valence-electron chi connectivity index (χ4n) is 4.18. The van der Waals surface area contributed by atoms with Crippen LogP contribution in [0.1, 0.15) is 41.9 Å². The standard InChI is InChI=1S/C25H28Cl2N4/c1-31(2)13-7-3-6-12-28-25-29-16-18-14-21(17-10-11-22(26)23(27)15-17)19-8-4-5-9-20(19)24(18)30-25/h4-5,8-11,15-16,21H,3,6-7,12-14H2,1-2H3,(H,28,29,30)/t21-/m0/s1. The summed E-state index contributed by atoms with van der Waals surface area (Å²) in [6.45, 7) is 2.02. The van der Waals surface area contributed by atoms with Crippen molar-refractivity contribution in [2.45, 2.75) is 31.6 Å². The van der Waals surface area contributed by atoms with Crippen LogP contribution in [0.25, 0.3) is 11.3 Å². The fourth-order valence-corrected chi connectivity index (χ4v) is 4.48. The summed E-state index contributed by atoms with van der Waals surface area (Å²) < 4.78 is 0. The van der Waals surface area contributed by atoms with Gasteiger partial charge in [0.2, 0.25) is 5.95 Å². The number of nitrogens with zero attached hydrogens (tertiary/aromatic N) is 3. The van der Waals surface area contributed by atoms with Gasteiger partial charge in [-0.1, -0.05) is 60.0 Å². The molecule has 0 radical (unpaired) electrons. The van der Waals surface area contributed by atoms with Gasteiger partial charge < -0.3 is 10.2 Å². The van der Waals surface area contributed by atoms with Gasteiger partial charge in [-0.2, -0.15) is 0 Å². The molecule has 3 aromatic rings. The minimum Gasteiger partial charge on any atom is -0.354 e. The number of hydrogen-bond acceptors (Lipinski definition) is 4. The molecule has 1 aromatic heterocycles. The SMILES string of the molecule is CN(C)CCCCCNc1ncc2c(n1)-c1ccccc1[C@H](c1ccc(Cl)c(Cl)c1)C2. The number of nitrogens with one attached hydrogen (secondary N) is 1. The second-order valence-electron chi connectivity index (χ2n) is 8.38. The number of unbranched alkanes of at least 4 members (excludes halogenated alkanes) is 2. The van der Waals surface area contributed by atoms with Gasteiger partial charge in [-0.15, -0.1) is 0 Å². The van der Waals surface area contributed by atoms with Crippen molar-refractivity contribution in [3.8, 4) is 11.3 Å². The van der Waals surface area contributed by atoms with Crippen LogP contribution in [0.2, 0.25) is 10.0 Å². The Balaban J connectivity index is 1.52. The van der Waals surface area contributed by atoms with Gasteiger partial charge in [0.05, 0.1) is 15.7 Å². The Kier molecular flexibility index (Phi) is 7.11. The Morgan fingerprint density at radius 1 is 1.03 bits per heavy atom. The zero-order valence-electron chi connectivity index (χ0n) is 18.0. The van der Waals surface area contributed by atoms with Crippen molar-refractivity contribution in [3.05, 3.63) is 75.4 Å². The lowest BCUT2D eigenvalue weighted by Gasteiger charge is -2.27. The maximum absolute atomic E-state index is 6.31. The zero-order valence-corrected chi connectivity index (χ0v) is 19.5. The van der Waals surface area contributed by atoms with E-state index < -0.39 is 0 Å². The highest BCUT2D eigenvalue weighted by Gasteiger charge is 2.27. The molecule has 2 aromatic carbocycles. The minimum absolute atomic E-state index is 0.206. The van der Waals surface area contributed by atoms with E-state index in [1.165, 1.54) is 18.4 Å². The lowest BCUT2D eigenvalue weighted by Crippen LogP contribution is -2.16. The van der Waals surface area contributed by atoms with Crippen LogP contribution in [-0.4, -0.2) is 42.1 Å². The van der Waals surface area contributed by atoms with Crippen LogP contribution in [0, 0.1) is 0 Å². The van der Waals surface area contributed by atoms with E-state index in [1.54, 1.807) is 0 Å². The molecule has 1 aliphatic rings. The molecule has 0 amide bonds. The van der Waals surface area contributed by atoms with Gasteiger partial charge in [0.1, 0.15) is 0 Å². The van der Waals surface area contributed by atoms with Crippen LogP contribution in [0.4, 0.5) is 5.95 Å². The van der Waals surface area contributed by atoms with Gasteiger partial charge in [0, 0.05) is 24.2 Å². The van der Waals surface area contributed by atoms with Crippen LogP contribution in [0.5, 0.6) is 0 Å². The van der Waals surface area contributed by atoms with Gasteiger partial charge in [-0.25, -0.2) is 9.97 Å². The highest BCUT2D eigenvalue weighted by Crippen LogP contribution is 2.42. The van der Waals surface area contributed by atoms with Crippen molar-refractivity contribution in [2.75, 3.05) is 32.5 Å². The van der Waals surface area contributed by atoms with Crippen LogP contribution in [0.3, 0.4) is 0 Å². The van der Waals surface area contributed by atoms with Crippen LogP contribution < -0.4 is 5.32 Å². The van der Waals surface area contributed by atoms with E-state index in [0.717, 1.165) is 48.3 Å². The number of anilines is 1. The Hall–Kier alpha value is -2.14. The Morgan fingerprint density at radius 3 is 2.68 bits per heavy atom. The predicted octanol–water partition coefficient (Wildman–Crippen LogP) is 6.28. The maximum Gasteiger partial charge on any atom is 0.223 e. The lowest BCUT2D eigenvalue weighted by atomic mass is 9.78. The molecule has 4 nitrogen and oxygen atoms in total. The van der Waals surface area contributed by atoms with E-state index in [2.05, 4.69) is 59.6 Å². The van der Waals surface area contributed by atoms with Crippen molar-refractivity contribution in [3.63, 3.8) is 0 Å². The minimum atomic E-state index is 0.206. The van der Waals surface area contributed by atoms with Gasteiger partial charge in [0.15, 0.2) is 0 Å². The van der Waals surface area contributed by atoms with E-state index in [-0.39, 0.29) is 5.92 Å². The quantitative estimate of drug-likeness (QED) is 0.406. The van der Waals surface area contributed by atoms with E-state index in [4.69, 9.17) is 28.2 Å². The first-order valence-electron chi connectivity index (χ1n) is 10.8. The number of rotatable bonds is 8. The summed E-state index contributed by atoms with van der Waals surface area (Å²) in [5.41, 5.74) is 5.77. The third-order valence-electron chi connectivity index (χ3n) is 5.79. The predicted molar refractivity (Wildman–Crippen MR) is 130 cm³/mol. The van der Waals surface area contributed by atoms with E-state index in [1.807, 2.05) is 18.3 Å². The molecule has 0 saturated carbocycles. The number of benzene rings is 2. The average molecular weight is 455 g/mol. The number of aromatic nitrogens is 2. The van der Waals surface area contributed by atoms with Crippen molar-refractivity contribution in [1.29, 1.82) is 0 Å². The highest BCUT2D eigenvalue weighted by atomic mass is 35.5. The topological polar surface area (TPSA) is 41.0 Å². The molecular formula is C25H28Cl2N4. The first-order chi connectivity index (χ1) is 15.0. The number of hydrogen-bond donors (Lipinski definition) is 1.